The van der Waals surface area contributed by atoms with E-state index in [0.29, 0.717) is 5.56 Å². The van der Waals surface area contributed by atoms with E-state index in [2.05, 4.69) is 0 Å². The lowest BCUT2D eigenvalue weighted by atomic mass is 10.1. The van der Waals surface area contributed by atoms with Crippen molar-refractivity contribution in [1.82, 2.24) is 0 Å². The van der Waals surface area contributed by atoms with E-state index in [1.807, 2.05) is 0 Å². The zero-order valence-corrected chi connectivity index (χ0v) is 7.91. The highest BCUT2D eigenvalue weighted by Gasteiger charge is 2.08. The summed E-state index contributed by atoms with van der Waals surface area (Å²) in [5, 5.41) is 8.74. The third-order valence-corrected chi connectivity index (χ3v) is 1.98. The van der Waals surface area contributed by atoms with Crippen molar-refractivity contribution in [2.75, 3.05) is 0 Å². The highest BCUT2D eigenvalue weighted by atomic mass is 35.5. The minimum Gasteiger partial charge on any atom is -0.481 e. The Morgan fingerprint density at radius 1 is 1.43 bits per heavy atom. The monoisotopic (exact) mass is 213 g/mol. The van der Waals surface area contributed by atoms with E-state index < -0.39 is 11.9 Å². The lowest BCUT2D eigenvalue weighted by Crippen LogP contribution is -2.12. The number of benzene rings is 1. The number of carboxylic acids is 1. The standard InChI is InChI=1S/C9H8ClNO3/c10-7-2-1-5(4-8(12)13)3-6(7)9(11)14/h1-3H,4H2,(H2,11,14)(H,12,13). The summed E-state index contributed by atoms with van der Waals surface area (Å²) in [6.07, 6.45) is -0.155. The van der Waals surface area contributed by atoms with Gasteiger partial charge in [0, 0.05) is 0 Å². The summed E-state index contributed by atoms with van der Waals surface area (Å²) in [5.74, 6) is -1.63. The summed E-state index contributed by atoms with van der Waals surface area (Å²) < 4.78 is 0. The first-order valence-electron chi connectivity index (χ1n) is 3.80. The summed E-state index contributed by atoms with van der Waals surface area (Å²) >= 11 is 5.68. The lowest BCUT2D eigenvalue weighted by Gasteiger charge is -2.02. The Morgan fingerprint density at radius 2 is 2.07 bits per heavy atom. The zero-order chi connectivity index (χ0) is 10.7. The van der Waals surface area contributed by atoms with Crippen molar-refractivity contribution in [3.8, 4) is 0 Å². The molecule has 1 aromatic carbocycles. The average molecular weight is 214 g/mol. The Morgan fingerprint density at radius 3 is 2.57 bits per heavy atom. The van der Waals surface area contributed by atoms with Gasteiger partial charge >= 0.3 is 5.97 Å². The summed E-state index contributed by atoms with van der Waals surface area (Å²) in [6.45, 7) is 0. The molecule has 0 fully saturated rings. The maximum Gasteiger partial charge on any atom is 0.307 e. The van der Waals surface area contributed by atoms with Crippen molar-refractivity contribution in [2.45, 2.75) is 6.42 Å². The summed E-state index contributed by atoms with van der Waals surface area (Å²) in [5.41, 5.74) is 5.68. The van der Waals surface area contributed by atoms with E-state index in [1.54, 1.807) is 6.07 Å². The number of rotatable bonds is 3. The number of carbonyl (C=O) groups excluding carboxylic acids is 1. The van der Waals surface area contributed by atoms with Gasteiger partial charge in [0.05, 0.1) is 17.0 Å². The van der Waals surface area contributed by atoms with Crippen LogP contribution in [-0.4, -0.2) is 17.0 Å². The van der Waals surface area contributed by atoms with Crippen LogP contribution >= 0.6 is 11.6 Å². The average Bonchev–Trinajstić information content (AvgIpc) is 2.07. The van der Waals surface area contributed by atoms with Crippen LogP contribution in [0.4, 0.5) is 0 Å². The number of carboxylic acid groups (broad SMARTS) is 1. The van der Waals surface area contributed by atoms with Gasteiger partial charge in [0.1, 0.15) is 0 Å². The molecule has 1 rings (SSSR count). The number of hydrogen-bond acceptors (Lipinski definition) is 2. The van der Waals surface area contributed by atoms with Crippen LogP contribution in [0.25, 0.3) is 0 Å². The third-order valence-electron chi connectivity index (χ3n) is 1.65. The van der Waals surface area contributed by atoms with Crippen molar-refractivity contribution >= 4 is 23.5 Å². The summed E-state index contributed by atoms with van der Waals surface area (Å²) in [4.78, 5) is 21.2. The molecule has 1 aromatic rings. The molecule has 0 aliphatic rings. The largest absolute Gasteiger partial charge is 0.481 e. The first kappa shape index (κ1) is 10.5. The molecule has 0 aromatic heterocycles. The number of carbonyl (C=O) groups is 2. The second kappa shape index (κ2) is 4.11. The van der Waals surface area contributed by atoms with E-state index >= 15 is 0 Å². The van der Waals surface area contributed by atoms with Gasteiger partial charge in [-0.1, -0.05) is 17.7 Å². The second-order valence-electron chi connectivity index (χ2n) is 2.75. The van der Waals surface area contributed by atoms with Crippen LogP contribution < -0.4 is 5.73 Å². The van der Waals surface area contributed by atoms with E-state index in [-0.39, 0.29) is 17.0 Å². The predicted octanol–water partition coefficient (Wildman–Crippen LogP) is 1.07. The summed E-state index contributed by atoms with van der Waals surface area (Å²) in [6, 6.07) is 4.39. The fraction of sp³-hybridized carbons (Fsp3) is 0.111. The molecule has 3 N–H and O–H groups in total. The van der Waals surface area contributed by atoms with Crippen LogP contribution in [0.15, 0.2) is 18.2 Å². The lowest BCUT2D eigenvalue weighted by molar-refractivity contribution is -0.136. The van der Waals surface area contributed by atoms with Gasteiger partial charge < -0.3 is 10.8 Å². The molecule has 0 bridgehead atoms. The van der Waals surface area contributed by atoms with Crippen molar-refractivity contribution in [2.24, 2.45) is 5.73 Å². The number of nitrogens with two attached hydrogens (primary N) is 1. The van der Waals surface area contributed by atoms with Crippen LogP contribution in [0, 0.1) is 0 Å². The molecule has 0 aliphatic carbocycles. The van der Waals surface area contributed by atoms with Crippen LogP contribution in [0.2, 0.25) is 5.02 Å². The molecule has 0 saturated carbocycles. The van der Waals surface area contributed by atoms with Gasteiger partial charge in [-0.25, -0.2) is 0 Å². The Bertz CT molecular complexity index is 390. The van der Waals surface area contributed by atoms with Gasteiger partial charge in [0.2, 0.25) is 5.91 Å². The molecule has 0 heterocycles. The number of aliphatic carboxylic acids is 1. The van der Waals surface area contributed by atoms with E-state index in [1.165, 1.54) is 12.1 Å². The molecule has 1 amide bonds. The minimum absolute atomic E-state index is 0.144. The molecule has 0 spiro atoms. The highest BCUT2D eigenvalue weighted by molar-refractivity contribution is 6.33. The number of halogens is 1. The maximum atomic E-state index is 10.9. The van der Waals surface area contributed by atoms with Gasteiger partial charge in [-0.3, -0.25) is 9.59 Å². The first-order valence-corrected chi connectivity index (χ1v) is 4.18. The molecule has 74 valence electrons. The molecule has 0 saturated heterocycles. The Kier molecular flexibility index (Phi) is 3.09. The highest BCUT2D eigenvalue weighted by Crippen LogP contribution is 2.17. The van der Waals surface area contributed by atoms with Crippen molar-refractivity contribution < 1.29 is 14.7 Å². The molecular formula is C9H8ClNO3. The van der Waals surface area contributed by atoms with Gasteiger partial charge in [0.15, 0.2) is 0 Å². The molecule has 0 unspecified atom stereocenters. The molecular weight excluding hydrogens is 206 g/mol. The predicted molar refractivity (Wildman–Crippen MR) is 51.3 cm³/mol. The van der Waals surface area contributed by atoms with E-state index in [0.717, 1.165) is 0 Å². The molecule has 0 radical (unpaired) electrons. The Hall–Kier alpha value is -1.55. The van der Waals surface area contributed by atoms with Crippen molar-refractivity contribution in [3.05, 3.63) is 34.3 Å². The van der Waals surface area contributed by atoms with Crippen LogP contribution in [-0.2, 0) is 11.2 Å². The Balaban J connectivity index is 3.06. The number of amides is 1. The fourth-order valence-electron chi connectivity index (χ4n) is 1.05. The quantitative estimate of drug-likeness (QED) is 0.788. The molecule has 4 nitrogen and oxygen atoms in total. The van der Waals surface area contributed by atoms with E-state index in [9.17, 15) is 9.59 Å². The minimum atomic E-state index is -0.970. The van der Waals surface area contributed by atoms with Gasteiger partial charge in [0.25, 0.3) is 0 Å². The third kappa shape index (κ3) is 2.47. The van der Waals surface area contributed by atoms with Crippen LogP contribution in [0.5, 0.6) is 0 Å². The van der Waals surface area contributed by atoms with Gasteiger partial charge in [-0.2, -0.15) is 0 Å². The van der Waals surface area contributed by atoms with Crippen LogP contribution in [0.3, 0.4) is 0 Å². The first-order chi connectivity index (χ1) is 6.50. The zero-order valence-electron chi connectivity index (χ0n) is 7.16. The second-order valence-corrected chi connectivity index (χ2v) is 3.16. The fourth-order valence-corrected chi connectivity index (χ4v) is 1.26. The van der Waals surface area contributed by atoms with Crippen molar-refractivity contribution in [1.29, 1.82) is 0 Å². The topological polar surface area (TPSA) is 80.4 Å². The normalized spacial score (nSPS) is 9.79. The van der Waals surface area contributed by atoms with Crippen molar-refractivity contribution in [3.63, 3.8) is 0 Å². The van der Waals surface area contributed by atoms with Gasteiger partial charge in [-0.15, -0.1) is 0 Å². The molecule has 14 heavy (non-hydrogen) atoms. The number of primary amides is 1. The SMILES string of the molecule is NC(=O)c1cc(CC(=O)O)ccc1Cl. The number of hydrogen-bond donors (Lipinski definition) is 2. The molecule has 5 heteroatoms. The molecule has 0 aliphatic heterocycles. The Labute approximate surface area is 85.3 Å². The maximum absolute atomic E-state index is 10.9. The summed E-state index contributed by atoms with van der Waals surface area (Å²) in [7, 11) is 0. The smallest absolute Gasteiger partial charge is 0.307 e. The molecule has 0 atom stereocenters. The van der Waals surface area contributed by atoms with Gasteiger partial charge in [-0.05, 0) is 17.7 Å². The van der Waals surface area contributed by atoms with E-state index in [4.69, 9.17) is 22.4 Å². The van der Waals surface area contributed by atoms with Crippen LogP contribution in [0.1, 0.15) is 15.9 Å².